The average molecular weight is 595 g/mol. The number of allylic oxidation sites excluding steroid dienone is 2. The number of anilines is 3. The van der Waals surface area contributed by atoms with Crippen molar-refractivity contribution in [3.05, 3.63) is 80.8 Å². The third kappa shape index (κ3) is 5.99. The zero-order valence-corrected chi connectivity index (χ0v) is 25.6. The van der Waals surface area contributed by atoms with Gasteiger partial charge < -0.3 is 15.5 Å². The van der Waals surface area contributed by atoms with Gasteiger partial charge in [-0.25, -0.2) is 9.97 Å². The summed E-state index contributed by atoms with van der Waals surface area (Å²) in [7, 11) is 2.18. The zero-order valence-electron chi connectivity index (χ0n) is 24.8. The molecule has 4 aromatic rings. The molecule has 43 heavy (non-hydrogen) atoms. The Morgan fingerprint density at radius 2 is 1.86 bits per heavy atom. The molecular weight excluding hydrogens is 556 g/mol. The molecule has 0 amide bonds. The minimum absolute atomic E-state index is 0.0902. The Kier molecular flexibility index (Phi) is 7.80. The lowest BCUT2D eigenvalue weighted by Crippen LogP contribution is -2.39. The van der Waals surface area contributed by atoms with Crippen LogP contribution in [0.2, 0.25) is 0 Å². The van der Waals surface area contributed by atoms with Crippen LogP contribution < -0.4 is 16.2 Å². The van der Waals surface area contributed by atoms with Crippen LogP contribution in [-0.2, 0) is 6.54 Å². The molecule has 2 unspecified atom stereocenters. The van der Waals surface area contributed by atoms with Crippen LogP contribution in [0.15, 0.2) is 69.7 Å². The molecular formula is C33H38N8OS. The van der Waals surface area contributed by atoms with Crippen molar-refractivity contribution in [3.8, 4) is 0 Å². The molecule has 1 saturated carbocycles. The summed E-state index contributed by atoms with van der Waals surface area (Å²) in [6.07, 6.45) is 13.1. The maximum Gasteiger partial charge on any atom is 0.261 e. The fraction of sp³-hybridized carbons (Fsp3) is 0.424. The Bertz CT molecular complexity index is 1720. The van der Waals surface area contributed by atoms with Gasteiger partial charge >= 0.3 is 0 Å². The molecule has 3 aliphatic rings. The number of benzene rings is 1. The van der Waals surface area contributed by atoms with Crippen LogP contribution in [0.25, 0.3) is 11.0 Å². The maximum atomic E-state index is 14.1. The van der Waals surface area contributed by atoms with Crippen LogP contribution >= 0.6 is 11.3 Å². The lowest BCUT2D eigenvalue weighted by atomic mass is 9.98. The van der Waals surface area contributed by atoms with E-state index in [1.165, 1.54) is 49.9 Å². The van der Waals surface area contributed by atoms with Gasteiger partial charge in [0.1, 0.15) is 10.7 Å². The molecule has 7 rings (SSSR count). The van der Waals surface area contributed by atoms with Crippen LogP contribution in [0.4, 0.5) is 17.3 Å². The zero-order chi connectivity index (χ0) is 29.3. The van der Waals surface area contributed by atoms with E-state index in [0.717, 1.165) is 46.3 Å². The van der Waals surface area contributed by atoms with Crippen molar-refractivity contribution in [2.45, 2.75) is 58.0 Å². The normalized spacial score (nSPS) is 21.3. The first kappa shape index (κ1) is 27.9. The molecule has 1 aromatic carbocycles. The summed E-state index contributed by atoms with van der Waals surface area (Å²) < 4.78 is 1.73. The van der Waals surface area contributed by atoms with E-state index in [1.807, 2.05) is 23.6 Å². The molecule has 222 valence electrons. The highest BCUT2D eigenvalue weighted by Gasteiger charge is 2.28. The van der Waals surface area contributed by atoms with Gasteiger partial charge in [0.05, 0.1) is 17.8 Å². The summed E-state index contributed by atoms with van der Waals surface area (Å²) in [5.41, 5.74) is 5.09. The van der Waals surface area contributed by atoms with Crippen LogP contribution in [-0.4, -0.2) is 56.3 Å². The second-order valence-corrected chi connectivity index (χ2v) is 13.1. The van der Waals surface area contributed by atoms with Crippen molar-refractivity contribution in [1.82, 2.24) is 24.4 Å². The number of likely N-dealkylation sites (N-methyl/N-ethyl adjacent to an activating group) is 1. The second-order valence-electron chi connectivity index (χ2n) is 12.2. The summed E-state index contributed by atoms with van der Waals surface area (Å²) in [5, 5.41) is 10.6. The topological polar surface area (TPSA) is 100 Å². The number of nitrogens with zero attached hydrogens (tertiary/aromatic N) is 6. The number of piperidine rings is 1. The summed E-state index contributed by atoms with van der Waals surface area (Å²) in [6, 6.07) is 10.6. The number of nitrogens with one attached hydrogen (secondary N) is 2. The Morgan fingerprint density at radius 3 is 2.63 bits per heavy atom. The van der Waals surface area contributed by atoms with Gasteiger partial charge in [-0.2, -0.15) is 4.98 Å². The molecule has 1 aliphatic carbocycles. The number of aliphatic imine (C=N–C) groups is 1. The highest BCUT2D eigenvalue weighted by molar-refractivity contribution is 7.09. The predicted molar refractivity (Wildman–Crippen MR) is 175 cm³/mol. The van der Waals surface area contributed by atoms with Gasteiger partial charge in [0, 0.05) is 64.7 Å². The number of pyridine rings is 1. The SMILES string of the molecule is CC1C=C(C2CCCC2)N=C1c1cc2cnc(Nc3ccc(NC4CCCN(C)C4)cc3)nc2n(Cc2nccs2)c1=O. The fourth-order valence-electron chi connectivity index (χ4n) is 6.68. The van der Waals surface area contributed by atoms with Crippen molar-refractivity contribution >= 4 is 45.4 Å². The molecule has 2 atom stereocenters. The molecule has 2 N–H and O–H groups in total. The molecule has 2 fully saturated rings. The van der Waals surface area contributed by atoms with Crippen LogP contribution in [0.3, 0.4) is 0 Å². The van der Waals surface area contributed by atoms with Crippen LogP contribution in [0.5, 0.6) is 0 Å². The quantitative estimate of drug-likeness (QED) is 0.256. The standard InChI is InChI=1S/C33H38N8OS/c1-21-16-28(22-6-3-4-7-22)38-30(21)27-17-23-18-35-33(39-31(23)41(32(27)42)20-29-34-13-15-43-29)37-25-11-9-24(10-12-25)36-26-8-5-14-40(2)19-26/h9-13,15-18,21-22,26,36H,3-8,14,19-20H2,1-2H3,(H,35,37,39). The first-order valence-electron chi connectivity index (χ1n) is 15.4. The molecule has 0 radical (unpaired) electrons. The smallest absolute Gasteiger partial charge is 0.261 e. The Hall–Kier alpha value is -3.89. The number of hydrogen-bond donors (Lipinski definition) is 2. The molecule has 3 aromatic heterocycles. The van der Waals surface area contributed by atoms with Crippen LogP contribution in [0, 0.1) is 11.8 Å². The third-order valence-electron chi connectivity index (χ3n) is 8.89. The van der Waals surface area contributed by atoms with Crippen LogP contribution in [0.1, 0.15) is 56.0 Å². The number of thiazole rings is 1. The number of aromatic nitrogens is 4. The van der Waals surface area contributed by atoms with Gasteiger partial charge in [0.25, 0.3) is 5.56 Å². The van der Waals surface area contributed by atoms with Gasteiger partial charge in [-0.05, 0) is 69.6 Å². The van der Waals surface area contributed by atoms with E-state index in [0.29, 0.717) is 35.7 Å². The van der Waals surface area contributed by atoms with E-state index < -0.39 is 0 Å². The minimum Gasteiger partial charge on any atom is -0.381 e. The van der Waals surface area contributed by atoms with E-state index in [2.05, 4.69) is 57.7 Å². The average Bonchev–Trinajstić information content (AvgIpc) is 3.79. The Balaban J connectivity index is 1.18. The molecule has 0 bridgehead atoms. The minimum atomic E-state index is -0.0946. The lowest BCUT2D eigenvalue weighted by molar-refractivity contribution is 0.261. The molecule has 10 heteroatoms. The Morgan fingerprint density at radius 1 is 1.05 bits per heavy atom. The van der Waals surface area contributed by atoms with Crippen molar-refractivity contribution in [2.24, 2.45) is 16.8 Å². The largest absolute Gasteiger partial charge is 0.381 e. The van der Waals surface area contributed by atoms with E-state index in [9.17, 15) is 4.79 Å². The van der Waals surface area contributed by atoms with Crippen molar-refractivity contribution in [3.63, 3.8) is 0 Å². The first-order chi connectivity index (χ1) is 21.0. The van der Waals surface area contributed by atoms with E-state index in [-0.39, 0.29) is 11.5 Å². The van der Waals surface area contributed by atoms with Gasteiger partial charge in [-0.1, -0.05) is 25.8 Å². The monoisotopic (exact) mass is 594 g/mol. The molecule has 2 aliphatic heterocycles. The number of fused-ring (bicyclic) bond motifs is 1. The van der Waals surface area contributed by atoms with E-state index in [1.54, 1.807) is 17.0 Å². The number of likely N-dealkylation sites (tertiary alicyclic amines) is 1. The Labute approximate surface area is 255 Å². The summed E-state index contributed by atoms with van der Waals surface area (Å²) in [6.45, 7) is 4.70. The number of hydrogen-bond acceptors (Lipinski definition) is 9. The lowest BCUT2D eigenvalue weighted by Gasteiger charge is -2.30. The fourth-order valence-corrected chi connectivity index (χ4v) is 7.29. The predicted octanol–water partition coefficient (Wildman–Crippen LogP) is 6.06. The van der Waals surface area contributed by atoms with E-state index >= 15 is 0 Å². The molecule has 9 nitrogen and oxygen atoms in total. The molecule has 5 heterocycles. The van der Waals surface area contributed by atoms with Gasteiger partial charge in [0.2, 0.25) is 5.95 Å². The van der Waals surface area contributed by atoms with E-state index in [4.69, 9.17) is 9.98 Å². The third-order valence-corrected chi connectivity index (χ3v) is 9.66. The van der Waals surface area contributed by atoms with Crippen molar-refractivity contribution < 1.29 is 0 Å². The van der Waals surface area contributed by atoms with Crippen molar-refractivity contribution in [1.29, 1.82) is 0 Å². The van der Waals surface area contributed by atoms with Crippen molar-refractivity contribution in [2.75, 3.05) is 30.8 Å². The first-order valence-corrected chi connectivity index (χ1v) is 16.3. The molecule has 1 saturated heterocycles. The summed E-state index contributed by atoms with van der Waals surface area (Å²) >= 11 is 1.53. The second kappa shape index (κ2) is 12.0. The highest BCUT2D eigenvalue weighted by Crippen LogP contribution is 2.36. The summed E-state index contributed by atoms with van der Waals surface area (Å²) in [5.74, 6) is 1.04. The summed E-state index contributed by atoms with van der Waals surface area (Å²) in [4.78, 5) is 35.5. The van der Waals surface area contributed by atoms with Gasteiger partial charge in [-0.15, -0.1) is 11.3 Å². The van der Waals surface area contributed by atoms with Gasteiger partial charge in [0.15, 0.2) is 0 Å². The number of rotatable bonds is 8. The molecule has 0 spiro atoms. The maximum absolute atomic E-state index is 14.1. The highest BCUT2D eigenvalue weighted by atomic mass is 32.1. The van der Waals surface area contributed by atoms with Gasteiger partial charge in [-0.3, -0.25) is 14.4 Å².